The number of nitriles is 1. The van der Waals surface area contributed by atoms with E-state index in [9.17, 15) is 13.2 Å². The Labute approximate surface area is 165 Å². The van der Waals surface area contributed by atoms with Crippen LogP contribution >= 0.6 is 0 Å². The van der Waals surface area contributed by atoms with Gasteiger partial charge < -0.3 is 10.6 Å². The highest BCUT2D eigenvalue weighted by atomic mass is 32.2. The van der Waals surface area contributed by atoms with Gasteiger partial charge in [0.2, 0.25) is 15.9 Å². The molecule has 0 aromatic heterocycles. The molecule has 0 aliphatic carbocycles. The van der Waals surface area contributed by atoms with E-state index in [0.717, 1.165) is 0 Å². The highest BCUT2D eigenvalue weighted by Gasteiger charge is 2.22. The lowest BCUT2D eigenvalue weighted by Gasteiger charge is -2.21. The van der Waals surface area contributed by atoms with Gasteiger partial charge in [-0.25, -0.2) is 13.1 Å². The fraction of sp³-hybridized carbons (Fsp3) is 0.300. The van der Waals surface area contributed by atoms with Gasteiger partial charge in [-0.2, -0.15) is 5.26 Å². The zero-order chi connectivity index (χ0) is 20.9. The number of anilines is 2. The molecule has 0 saturated carbocycles. The Kier molecular flexibility index (Phi) is 6.44. The number of benzene rings is 2. The SMILES string of the molecule is C[C@@H](Nc1cccc(S(=O)(=O)NC(C)(C)C)c1)C(=O)Nc1cccc(C#N)c1. The standard InChI is InChI=1S/C20H24N4O3S/c1-14(19(25)23-16-8-5-7-15(11-16)13-21)22-17-9-6-10-18(12-17)28(26,27)24-20(2,3)4/h5-12,14,22,24H,1-4H3,(H,23,25)/t14-/m1/s1. The highest BCUT2D eigenvalue weighted by Crippen LogP contribution is 2.18. The molecule has 3 N–H and O–H groups in total. The molecule has 0 aliphatic rings. The van der Waals surface area contributed by atoms with E-state index in [1.54, 1.807) is 64.1 Å². The first-order valence-corrected chi connectivity index (χ1v) is 10.2. The minimum Gasteiger partial charge on any atom is -0.374 e. The van der Waals surface area contributed by atoms with Gasteiger partial charge in [0.1, 0.15) is 6.04 Å². The quantitative estimate of drug-likeness (QED) is 0.690. The summed E-state index contributed by atoms with van der Waals surface area (Å²) in [7, 11) is -3.67. The topological polar surface area (TPSA) is 111 Å². The van der Waals surface area contributed by atoms with Crippen LogP contribution in [-0.2, 0) is 14.8 Å². The second-order valence-corrected chi connectivity index (χ2v) is 9.11. The van der Waals surface area contributed by atoms with Gasteiger partial charge in [-0.15, -0.1) is 0 Å². The van der Waals surface area contributed by atoms with Gasteiger partial charge in [0.25, 0.3) is 0 Å². The van der Waals surface area contributed by atoms with Crippen molar-refractivity contribution >= 4 is 27.3 Å². The van der Waals surface area contributed by atoms with E-state index in [2.05, 4.69) is 15.4 Å². The number of nitrogens with one attached hydrogen (secondary N) is 3. The van der Waals surface area contributed by atoms with Gasteiger partial charge >= 0.3 is 0 Å². The molecule has 1 amide bonds. The molecule has 0 bridgehead atoms. The third kappa shape index (κ3) is 6.08. The Balaban J connectivity index is 2.10. The predicted molar refractivity (Wildman–Crippen MR) is 109 cm³/mol. The van der Waals surface area contributed by atoms with Crippen LogP contribution in [0.4, 0.5) is 11.4 Å². The van der Waals surface area contributed by atoms with Crippen molar-refractivity contribution < 1.29 is 13.2 Å². The number of hydrogen-bond acceptors (Lipinski definition) is 5. The van der Waals surface area contributed by atoms with Crippen LogP contribution in [0.5, 0.6) is 0 Å². The van der Waals surface area contributed by atoms with Crippen molar-refractivity contribution in [3.05, 3.63) is 54.1 Å². The number of hydrogen-bond donors (Lipinski definition) is 3. The second kappa shape index (κ2) is 8.42. The molecule has 2 aromatic carbocycles. The molecule has 148 valence electrons. The second-order valence-electron chi connectivity index (χ2n) is 7.43. The summed E-state index contributed by atoms with van der Waals surface area (Å²) in [5.41, 5.74) is 0.865. The van der Waals surface area contributed by atoms with Gasteiger partial charge in [0.15, 0.2) is 0 Å². The van der Waals surface area contributed by atoms with E-state index in [4.69, 9.17) is 5.26 Å². The zero-order valence-electron chi connectivity index (χ0n) is 16.3. The summed E-state index contributed by atoms with van der Waals surface area (Å²) in [5.74, 6) is -0.309. The van der Waals surface area contributed by atoms with Crippen LogP contribution in [0.1, 0.15) is 33.3 Å². The molecule has 2 aromatic rings. The number of rotatable bonds is 6. The molecule has 0 aliphatic heterocycles. The van der Waals surface area contributed by atoms with Crippen LogP contribution in [-0.4, -0.2) is 25.9 Å². The largest absolute Gasteiger partial charge is 0.374 e. The zero-order valence-corrected chi connectivity index (χ0v) is 17.1. The lowest BCUT2D eigenvalue weighted by molar-refractivity contribution is -0.116. The fourth-order valence-electron chi connectivity index (χ4n) is 2.45. The maximum Gasteiger partial charge on any atom is 0.246 e. The van der Waals surface area contributed by atoms with Crippen molar-refractivity contribution in [3.8, 4) is 6.07 Å². The summed E-state index contributed by atoms with van der Waals surface area (Å²) in [6.07, 6.45) is 0. The number of nitrogens with zero attached hydrogens (tertiary/aromatic N) is 1. The van der Waals surface area contributed by atoms with E-state index in [0.29, 0.717) is 16.9 Å². The Hall–Kier alpha value is -2.89. The molecule has 8 heteroatoms. The van der Waals surface area contributed by atoms with Crippen molar-refractivity contribution in [2.45, 2.75) is 44.2 Å². The van der Waals surface area contributed by atoms with Crippen LogP contribution in [0.15, 0.2) is 53.4 Å². The van der Waals surface area contributed by atoms with E-state index < -0.39 is 21.6 Å². The van der Waals surface area contributed by atoms with Gasteiger partial charge in [-0.3, -0.25) is 4.79 Å². The van der Waals surface area contributed by atoms with Crippen molar-refractivity contribution in [2.24, 2.45) is 0 Å². The Morgan fingerprint density at radius 2 is 1.71 bits per heavy atom. The number of sulfonamides is 1. The van der Waals surface area contributed by atoms with Crippen LogP contribution in [0, 0.1) is 11.3 Å². The lowest BCUT2D eigenvalue weighted by Crippen LogP contribution is -2.40. The molecule has 28 heavy (non-hydrogen) atoms. The first kappa shape index (κ1) is 21.4. The lowest BCUT2D eigenvalue weighted by atomic mass is 10.1. The van der Waals surface area contributed by atoms with Gasteiger partial charge in [-0.1, -0.05) is 12.1 Å². The van der Waals surface area contributed by atoms with E-state index in [1.807, 2.05) is 6.07 Å². The summed E-state index contributed by atoms with van der Waals surface area (Å²) in [4.78, 5) is 12.5. The van der Waals surface area contributed by atoms with E-state index >= 15 is 0 Å². The molecule has 0 spiro atoms. The molecule has 1 atom stereocenters. The van der Waals surface area contributed by atoms with Gasteiger partial charge in [-0.05, 0) is 64.1 Å². The number of amides is 1. The maximum atomic E-state index is 12.5. The average Bonchev–Trinajstić information content (AvgIpc) is 2.60. The van der Waals surface area contributed by atoms with Crippen molar-refractivity contribution in [1.29, 1.82) is 5.26 Å². The Bertz CT molecular complexity index is 1000. The summed E-state index contributed by atoms with van der Waals surface area (Å²) >= 11 is 0. The van der Waals surface area contributed by atoms with Gasteiger partial charge in [0, 0.05) is 16.9 Å². The molecule has 0 heterocycles. The predicted octanol–water partition coefficient (Wildman–Crippen LogP) is 3.07. The van der Waals surface area contributed by atoms with Crippen molar-refractivity contribution in [1.82, 2.24) is 4.72 Å². The van der Waals surface area contributed by atoms with Crippen LogP contribution < -0.4 is 15.4 Å². The summed E-state index contributed by atoms with van der Waals surface area (Å²) in [6.45, 7) is 6.96. The molecule has 2 rings (SSSR count). The molecule has 7 nitrogen and oxygen atoms in total. The molecule has 0 unspecified atom stereocenters. The average molecular weight is 401 g/mol. The number of carbonyl (C=O) groups excluding carboxylic acids is 1. The molecular formula is C20H24N4O3S. The molecule has 0 fully saturated rings. The molecule has 0 saturated heterocycles. The summed E-state index contributed by atoms with van der Waals surface area (Å²) in [6, 6.07) is 14.3. The van der Waals surface area contributed by atoms with Crippen LogP contribution in [0.25, 0.3) is 0 Å². The van der Waals surface area contributed by atoms with Gasteiger partial charge in [0.05, 0.1) is 16.5 Å². The monoisotopic (exact) mass is 400 g/mol. The third-order valence-corrected chi connectivity index (χ3v) is 5.38. The fourth-order valence-corrected chi connectivity index (χ4v) is 3.91. The normalized spacial score (nSPS) is 12.7. The Morgan fingerprint density at radius 1 is 1.07 bits per heavy atom. The minimum absolute atomic E-state index is 0.113. The van der Waals surface area contributed by atoms with E-state index in [1.165, 1.54) is 12.1 Å². The first-order valence-electron chi connectivity index (χ1n) is 8.72. The van der Waals surface area contributed by atoms with Crippen LogP contribution in [0.3, 0.4) is 0 Å². The maximum absolute atomic E-state index is 12.5. The Morgan fingerprint density at radius 3 is 2.36 bits per heavy atom. The summed E-state index contributed by atoms with van der Waals surface area (Å²) < 4.78 is 27.6. The third-order valence-electron chi connectivity index (χ3n) is 3.62. The highest BCUT2D eigenvalue weighted by molar-refractivity contribution is 7.89. The molecule has 0 radical (unpaired) electrons. The van der Waals surface area contributed by atoms with Crippen LogP contribution in [0.2, 0.25) is 0 Å². The smallest absolute Gasteiger partial charge is 0.246 e. The van der Waals surface area contributed by atoms with Crippen molar-refractivity contribution in [3.63, 3.8) is 0 Å². The minimum atomic E-state index is -3.67. The molecular weight excluding hydrogens is 376 g/mol. The summed E-state index contributed by atoms with van der Waals surface area (Å²) in [5, 5.41) is 14.7. The first-order chi connectivity index (χ1) is 13.0. The number of carbonyl (C=O) groups is 1. The van der Waals surface area contributed by atoms with Crippen molar-refractivity contribution in [2.75, 3.05) is 10.6 Å². The van der Waals surface area contributed by atoms with E-state index in [-0.39, 0.29) is 10.8 Å².